The molecule has 4 rings (SSSR count). The van der Waals surface area contributed by atoms with Gasteiger partial charge in [0.05, 0.1) is 0 Å². The minimum absolute atomic E-state index is 0.907. The van der Waals surface area contributed by atoms with Gasteiger partial charge in [0.2, 0.25) is 0 Å². The van der Waals surface area contributed by atoms with Crippen molar-refractivity contribution in [3.8, 4) is 0 Å². The van der Waals surface area contributed by atoms with Crippen LogP contribution in [0.4, 0.5) is 0 Å². The van der Waals surface area contributed by atoms with Gasteiger partial charge in [-0.3, -0.25) is 0 Å². The van der Waals surface area contributed by atoms with E-state index in [4.69, 9.17) is 0 Å². The Kier molecular flexibility index (Phi) is 2.14. The Balaban J connectivity index is 1.66. The van der Waals surface area contributed by atoms with Gasteiger partial charge < -0.3 is 0 Å². The molecule has 4 aliphatic carbocycles. The predicted octanol–water partition coefficient (Wildman–Crippen LogP) is 4.29. The van der Waals surface area contributed by atoms with E-state index in [1.807, 2.05) is 0 Å². The molecule has 0 spiro atoms. The first-order valence-corrected chi connectivity index (χ1v) is 7.60. The summed E-state index contributed by atoms with van der Waals surface area (Å²) in [7, 11) is 0. The third-order valence-electron chi connectivity index (χ3n) is 6.46. The highest BCUT2D eigenvalue weighted by molar-refractivity contribution is 5.20. The van der Waals surface area contributed by atoms with E-state index in [0.29, 0.717) is 0 Å². The summed E-state index contributed by atoms with van der Waals surface area (Å²) in [4.78, 5) is 0. The Labute approximate surface area is 105 Å². The normalized spacial score (nSPS) is 59.2. The molecule has 4 aliphatic rings. The lowest BCUT2D eigenvalue weighted by molar-refractivity contribution is 0.228. The zero-order valence-electron chi connectivity index (χ0n) is 11.0. The van der Waals surface area contributed by atoms with Gasteiger partial charge in [-0.2, -0.15) is 0 Å². The van der Waals surface area contributed by atoms with Crippen molar-refractivity contribution >= 4 is 0 Å². The van der Waals surface area contributed by atoms with Crippen molar-refractivity contribution in [3.05, 3.63) is 24.3 Å². The summed E-state index contributed by atoms with van der Waals surface area (Å²) in [6.45, 7) is 4.72. The molecule has 8 atom stereocenters. The van der Waals surface area contributed by atoms with E-state index in [0.717, 1.165) is 47.3 Å². The van der Waals surface area contributed by atoms with Crippen LogP contribution in [0.25, 0.3) is 0 Å². The monoisotopic (exact) mass is 228 g/mol. The van der Waals surface area contributed by atoms with Crippen LogP contribution in [0, 0.1) is 47.3 Å². The first kappa shape index (κ1) is 10.4. The zero-order chi connectivity index (χ0) is 11.6. The average molecular weight is 228 g/mol. The van der Waals surface area contributed by atoms with Crippen molar-refractivity contribution in [3.63, 3.8) is 0 Å². The number of fused-ring (bicyclic) bond motifs is 7. The van der Waals surface area contributed by atoms with Gasteiger partial charge in [0.1, 0.15) is 0 Å². The van der Waals surface area contributed by atoms with Gasteiger partial charge >= 0.3 is 0 Å². The minimum Gasteiger partial charge on any atom is -0.0914 e. The molecule has 92 valence electrons. The molecule has 0 aromatic carbocycles. The summed E-state index contributed by atoms with van der Waals surface area (Å²) in [6, 6.07) is 0. The predicted molar refractivity (Wildman–Crippen MR) is 71.4 cm³/mol. The van der Waals surface area contributed by atoms with Crippen LogP contribution in [0.1, 0.15) is 33.1 Å². The first-order chi connectivity index (χ1) is 8.29. The standard InChI is InChI=1S/C17H24/c1-3-4-11-7-10(2)16-14(11)9-15-12-5-6-13(8-12)17(15)16/h3-6,10-17H,7-9H2,1-2H3/b4-3-. The van der Waals surface area contributed by atoms with Gasteiger partial charge in [-0.05, 0) is 73.5 Å². The van der Waals surface area contributed by atoms with Crippen molar-refractivity contribution < 1.29 is 0 Å². The summed E-state index contributed by atoms with van der Waals surface area (Å²) in [5.41, 5.74) is 0. The molecule has 0 aliphatic heterocycles. The zero-order valence-corrected chi connectivity index (χ0v) is 11.0. The van der Waals surface area contributed by atoms with E-state index >= 15 is 0 Å². The smallest absolute Gasteiger partial charge is 0.0194 e. The van der Waals surface area contributed by atoms with Crippen molar-refractivity contribution in [1.82, 2.24) is 0 Å². The SMILES string of the molecule is C/C=C\C1CC(C)C2C1CC1C3C=CC(C3)C12. The highest BCUT2D eigenvalue weighted by Crippen LogP contribution is 2.66. The summed E-state index contributed by atoms with van der Waals surface area (Å²) >= 11 is 0. The van der Waals surface area contributed by atoms with E-state index in [9.17, 15) is 0 Å². The van der Waals surface area contributed by atoms with Gasteiger partial charge in [-0.1, -0.05) is 31.2 Å². The Morgan fingerprint density at radius 3 is 2.59 bits per heavy atom. The summed E-state index contributed by atoms with van der Waals surface area (Å²) in [5, 5.41) is 0. The number of hydrogen-bond donors (Lipinski definition) is 0. The van der Waals surface area contributed by atoms with E-state index in [1.165, 1.54) is 12.8 Å². The Morgan fingerprint density at radius 1 is 0.941 bits per heavy atom. The molecular formula is C17H24. The Bertz CT molecular complexity index is 377. The average Bonchev–Trinajstić information content (AvgIpc) is 3.00. The number of rotatable bonds is 1. The van der Waals surface area contributed by atoms with Gasteiger partial charge in [-0.25, -0.2) is 0 Å². The van der Waals surface area contributed by atoms with Crippen molar-refractivity contribution in [2.75, 3.05) is 0 Å². The van der Waals surface area contributed by atoms with E-state index in [2.05, 4.69) is 38.2 Å². The third-order valence-corrected chi connectivity index (χ3v) is 6.46. The largest absolute Gasteiger partial charge is 0.0914 e. The highest BCUT2D eigenvalue weighted by atomic mass is 14.6. The maximum atomic E-state index is 2.56. The molecule has 3 fully saturated rings. The van der Waals surface area contributed by atoms with Crippen LogP contribution in [0.3, 0.4) is 0 Å². The fraction of sp³-hybridized carbons (Fsp3) is 0.765. The topological polar surface area (TPSA) is 0 Å². The van der Waals surface area contributed by atoms with Crippen LogP contribution in [0.2, 0.25) is 0 Å². The number of hydrogen-bond acceptors (Lipinski definition) is 0. The number of allylic oxidation sites excluding steroid dienone is 4. The molecule has 0 nitrogen and oxygen atoms in total. The second-order valence-corrected chi connectivity index (χ2v) is 7.07. The fourth-order valence-electron chi connectivity index (χ4n) is 6.11. The fourth-order valence-corrected chi connectivity index (χ4v) is 6.11. The summed E-state index contributed by atoms with van der Waals surface area (Å²) < 4.78 is 0. The summed E-state index contributed by atoms with van der Waals surface area (Å²) in [5.74, 6) is 8.04. The molecule has 0 heterocycles. The Morgan fingerprint density at radius 2 is 1.76 bits per heavy atom. The first-order valence-electron chi connectivity index (χ1n) is 7.60. The van der Waals surface area contributed by atoms with E-state index in [-0.39, 0.29) is 0 Å². The highest BCUT2D eigenvalue weighted by Gasteiger charge is 2.59. The Hall–Kier alpha value is -0.520. The van der Waals surface area contributed by atoms with Gasteiger partial charge in [-0.15, -0.1) is 0 Å². The molecule has 3 saturated carbocycles. The quantitative estimate of drug-likeness (QED) is 0.587. The molecule has 0 radical (unpaired) electrons. The lowest BCUT2D eigenvalue weighted by Gasteiger charge is -2.28. The van der Waals surface area contributed by atoms with Crippen molar-refractivity contribution in [1.29, 1.82) is 0 Å². The second kappa shape index (κ2) is 3.49. The second-order valence-electron chi connectivity index (χ2n) is 7.07. The molecule has 0 heteroatoms. The minimum atomic E-state index is 0.907. The van der Waals surface area contributed by atoms with Crippen LogP contribution in [0.5, 0.6) is 0 Å². The summed E-state index contributed by atoms with van der Waals surface area (Å²) in [6.07, 6.45) is 14.4. The van der Waals surface area contributed by atoms with E-state index < -0.39 is 0 Å². The molecule has 2 bridgehead atoms. The van der Waals surface area contributed by atoms with Gasteiger partial charge in [0.25, 0.3) is 0 Å². The lowest BCUT2D eigenvalue weighted by atomic mass is 9.77. The molecule has 0 N–H and O–H groups in total. The molecular weight excluding hydrogens is 204 g/mol. The third kappa shape index (κ3) is 1.25. The van der Waals surface area contributed by atoms with Crippen LogP contribution in [0.15, 0.2) is 24.3 Å². The lowest BCUT2D eigenvalue weighted by Crippen LogP contribution is -2.23. The van der Waals surface area contributed by atoms with Crippen LogP contribution < -0.4 is 0 Å². The van der Waals surface area contributed by atoms with Crippen molar-refractivity contribution in [2.45, 2.75) is 33.1 Å². The van der Waals surface area contributed by atoms with Crippen LogP contribution in [-0.2, 0) is 0 Å². The van der Waals surface area contributed by atoms with Gasteiger partial charge in [0, 0.05) is 0 Å². The molecule has 0 aromatic heterocycles. The molecule has 8 unspecified atom stereocenters. The van der Waals surface area contributed by atoms with Crippen LogP contribution >= 0.6 is 0 Å². The maximum Gasteiger partial charge on any atom is -0.0194 e. The molecule has 0 amide bonds. The molecule has 0 aromatic rings. The van der Waals surface area contributed by atoms with Gasteiger partial charge in [0.15, 0.2) is 0 Å². The molecule has 0 saturated heterocycles. The van der Waals surface area contributed by atoms with E-state index in [1.54, 1.807) is 6.42 Å². The molecule has 17 heavy (non-hydrogen) atoms. The van der Waals surface area contributed by atoms with Crippen LogP contribution in [-0.4, -0.2) is 0 Å². The van der Waals surface area contributed by atoms with Crippen molar-refractivity contribution in [2.24, 2.45) is 47.3 Å². The maximum absolute atomic E-state index is 2.56.